The van der Waals surface area contributed by atoms with Crippen LogP contribution in [0.25, 0.3) is 21.9 Å². The summed E-state index contributed by atoms with van der Waals surface area (Å²) in [4.78, 5) is 13.0. The number of benzene rings is 2. The molecule has 4 rings (SSSR count). The van der Waals surface area contributed by atoms with Crippen LogP contribution < -0.4 is 5.73 Å². The molecule has 5 nitrogen and oxygen atoms in total. The SMILES string of the molecule is Nc1nc(CSc2nc3ccccc3n2C(F)F)nc2ccccc12. The Hall–Kier alpha value is -2.74. The van der Waals surface area contributed by atoms with Crippen LogP contribution in [0.1, 0.15) is 12.4 Å². The monoisotopic (exact) mass is 357 g/mol. The van der Waals surface area contributed by atoms with Gasteiger partial charge in [-0.15, -0.1) is 0 Å². The van der Waals surface area contributed by atoms with Crippen molar-refractivity contribution in [2.24, 2.45) is 0 Å². The summed E-state index contributed by atoms with van der Waals surface area (Å²) in [6.07, 6.45) is 0. The maximum absolute atomic E-state index is 13.4. The first-order valence-corrected chi connectivity index (χ1v) is 8.51. The Bertz CT molecular complexity index is 1060. The third kappa shape index (κ3) is 2.89. The van der Waals surface area contributed by atoms with Crippen LogP contribution in [0.4, 0.5) is 14.6 Å². The largest absolute Gasteiger partial charge is 0.383 e. The van der Waals surface area contributed by atoms with Crippen molar-refractivity contribution in [1.82, 2.24) is 19.5 Å². The number of nitrogen functional groups attached to an aromatic ring is 1. The molecule has 0 fully saturated rings. The summed E-state index contributed by atoms with van der Waals surface area (Å²) in [5, 5.41) is 1.00. The van der Waals surface area contributed by atoms with Crippen molar-refractivity contribution in [2.45, 2.75) is 17.5 Å². The number of nitrogens with two attached hydrogens (primary N) is 1. The van der Waals surface area contributed by atoms with E-state index < -0.39 is 6.55 Å². The predicted octanol–water partition coefficient (Wildman–Crippen LogP) is 4.25. The molecule has 0 bridgehead atoms. The van der Waals surface area contributed by atoms with Gasteiger partial charge in [0.25, 0.3) is 0 Å². The molecule has 0 atom stereocenters. The number of halogens is 2. The van der Waals surface area contributed by atoms with Crippen LogP contribution >= 0.6 is 11.8 Å². The first-order valence-electron chi connectivity index (χ1n) is 7.52. The minimum Gasteiger partial charge on any atom is -0.383 e. The van der Waals surface area contributed by atoms with Crippen molar-refractivity contribution in [3.63, 3.8) is 0 Å². The summed E-state index contributed by atoms with van der Waals surface area (Å²) < 4.78 is 27.8. The van der Waals surface area contributed by atoms with Crippen molar-refractivity contribution in [3.8, 4) is 0 Å². The van der Waals surface area contributed by atoms with Gasteiger partial charge in [0.15, 0.2) is 5.16 Å². The fraction of sp³-hybridized carbons (Fsp3) is 0.118. The summed E-state index contributed by atoms with van der Waals surface area (Å²) in [6.45, 7) is -2.67. The summed E-state index contributed by atoms with van der Waals surface area (Å²) in [5.74, 6) is 1.16. The molecule has 0 spiro atoms. The molecule has 2 heterocycles. The van der Waals surface area contributed by atoms with Gasteiger partial charge in [-0.05, 0) is 24.3 Å². The van der Waals surface area contributed by atoms with E-state index in [0.29, 0.717) is 28.4 Å². The Morgan fingerprint density at radius 1 is 0.960 bits per heavy atom. The topological polar surface area (TPSA) is 69.6 Å². The van der Waals surface area contributed by atoms with Crippen LogP contribution in [0.15, 0.2) is 53.7 Å². The average molecular weight is 357 g/mol. The standard InChI is InChI=1S/C17H13F2N5S/c18-16(19)24-13-8-4-3-7-12(13)22-17(24)25-9-14-21-11-6-2-1-5-10(11)15(20)23-14/h1-8,16H,9H2,(H2,20,21,23). The van der Waals surface area contributed by atoms with Crippen LogP contribution in [0.2, 0.25) is 0 Å². The third-order valence-corrected chi connectivity index (χ3v) is 4.72. The second-order valence-corrected chi connectivity index (χ2v) is 6.30. The summed E-state index contributed by atoms with van der Waals surface area (Å²) in [5.41, 5.74) is 7.63. The second kappa shape index (κ2) is 6.29. The highest BCUT2D eigenvalue weighted by Crippen LogP contribution is 2.31. The predicted molar refractivity (Wildman–Crippen MR) is 94.5 cm³/mol. The highest BCUT2D eigenvalue weighted by molar-refractivity contribution is 7.98. The van der Waals surface area contributed by atoms with E-state index in [2.05, 4.69) is 15.0 Å². The van der Waals surface area contributed by atoms with Crippen molar-refractivity contribution in [2.75, 3.05) is 5.73 Å². The van der Waals surface area contributed by atoms with Crippen LogP contribution in [-0.4, -0.2) is 19.5 Å². The van der Waals surface area contributed by atoms with Gasteiger partial charge in [0.05, 0.1) is 22.3 Å². The molecule has 0 saturated carbocycles. The van der Waals surface area contributed by atoms with Crippen molar-refractivity contribution in [3.05, 3.63) is 54.4 Å². The zero-order valence-corrected chi connectivity index (χ0v) is 13.8. The van der Waals surface area contributed by atoms with E-state index in [0.717, 1.165) is 27.2 Å². The van der Waals surface area contributed by atoms with E-state index in [1.54, 1.807) is 24.3 Å². The van der Waals surface area contributed by atoms with E-state index in [4.69, 9.17) is 5.73 Å². The molecule has 2 aromatic carbocycles. The molecule has 0 saturated heterocycles. The number of hydrogen-bond donors (Lipinski definition) is 1. The number of hydrogen-bond acceptors (Lipinski definition) is 5. The molecule has 0 aliphatic heterocycles. The van der Waals surface area contributed by atoms with Crippen molar-refractivity contribution >= 4 is 39.5 Å². The molecular weight excluding hydrogens is 344 g/mol. The quantitative estimate of drug-likeness (QED) is 0.553. The van der Waals surface area contributed by atoms with Crippen LogP contribution in [0, 0.1) is 0 Å². The number of aromatic nitrogens is 4. The van der Waals surface area contributed by atoms with E-state index in [9.17, 15) is 8.78 Å². The van der Waals surface area contributed by atoms with E-state index >= 15 is 0 Å². The lowest BCUT2D eigenvalue weighted by atomic mass is 10.2. The van der Waals surface area contributed by atoms with E-state index in [1.807, 2.05) is 24.3 Å². The molecule has 8 heteroatoms. The highest BCUT2D eigenvalue weighted by Gasteiger charge is 2.18. The van der Waals surface area contributed by atoms with Gasteiger partial charge in [-0.1, -0.05) is 36.0 Å². The first kappa shape index (κ1) is 15.8. The highest BCUT2D eigenvalue weighted by atomic mass is 32.2. The van der Waals surface area contributed by atoms with Gasteiger partial charge in [-0.3, -0.25) is 4.57 Å². The fourth-order valence-corrected chi connectivity index (χ4v) is 3.52. The lowest BCUT2D eigenvalue weighted by Gasteiger charge is -2.08. The molecule has 0 aliphatic carbocycles. The summed E-state index contributed by atoms with van der Waals surface area (Å²) in [7, 11) is 0. The Morgan fingerprint density at radius 2 is 1.68 bits per heavy atom. The number of nitrogens with zero attached hydrogens (tertiary/aromatic N) is 4. The maximum atomic E-state index is 13.4. The Balaban J connectivity index is 1.68. The average Bonchev–Trinajstić information content (AvgIpc) is 2.98. The molecule has 126 valence electrons. The molecule has 4 aromatic rings. The number of imidazole rings is 1. The third-order valence-electron chi connectivity index (χ3n) is 3.77. The molecule has 0 unspecified atom stereocenters. The summed E-state index contributed by atoms with van der Waals surface area (Å²) in [6, 6.07) is 14.2. The smallest absolute Gasteiger partial charge is 0.321 e. The minimum atomic E-state index is -2.67. The van der Waals surface area contributed by atoms with Crippen LogP contribution in [0.5, 0.6) is 0 Å². The summed E-state index contributed by atoms with van der Waals surface area (Å²) >= 11 is 1.16. The second-order valence-electron chi connectivity index (χ2n) is 5.36. The van der Waals surface area contributed by atoms with Gasteiger partial charge < -0.3 is 5.73 Å². The number of fused-ring (bicyclic) bond motifs is 2. The molecule has 0 aliphatic rings. The molecule has 25 heavy (non-hydrogen) atoms. The van der Waals surface area contributed by atoms with Crippen molar-refractivity contribution in [1.29, 1.82) is 0 Å². The Labute approximate surface area is 145 Å². The number of thioether (sulfide) groups is 1. The van der Waals surface area contributed by atoms with Crippen LogP contribution in [-0.2, 0) is 5.75 Å². The van der Waals surface area contributed by atoms with Gasteiger partial charge in [-0.2, -0.15) is 8.78 Å². The molecular formula is C17H13F2N5S. The molecule has 2 N–H and O–H groups in total. The zero-order valence-electron chi connectivity index (χ0n) is 12.9. The molecule has 2 aromatic heterocycles. The maximum Gasteiger partial charge on any atom is 0.321 e. The number of alkyl halides is 2. The van der Waals surface area contributed by atoms with E-state index in [1.165, 1.54) is 0 Å². The van der Waals surface area contributed by atoms with Gasteiger partial charge in [0.2, 0.25) is 0 Å². The van der Waals surface area contributed by atoms with Gasteiger partial charge in [-0.25, -0.2) is 15.0 Å². The fourth-order valence-electron chi connectivity index (χ4n) is 2.66. The number of rotatable bonds is 4. The van der Waals surface area contributed by atoms with Crippen LogP contribution in [0.3, 0.4) is 0 Å². The first-order chi connectivity index (χ1) is 12.1. The zero-order chi connectivity index (χ0) is 17.4. The van der Waals surface area contributed by atoms with Gasteiger partial charge in [0, 0.05) is 5.39 Å². The minimum absolute atomic E-state index is 0.228. The van der Waals surface area contributed by atoms with Gasteiger partial charge >= 0.3 is 6.55 Å². The van der Waals surface area contributed by atoms with Crippen molar-refractivity contribution < 1.29 is 8.78 Å². The Morgan fingerprint density at radius 3 is 2.48 bits per heavy atom. The molecule has 0 radical (unpaired) electrons. The van der Waals surface area contributed by atoms with Gasteiger partial charge in [0.1, 0.15) is 11.6 Å². The lowest BCUT2D eigenvalue weighted by molar-refractivity contribution is 0.0656. The van der Waals surface area contributed by atoms with E-state index in [-0.39, 0.29) is 5.16 Å². The Kier molecular flexibility index (Phi) is 3.96. The lowest BCUT2D eigenvalue weighted by Crippen LogP contribution is -2.02. The number of anilines is 1. The number of para-hydroxylation sites is 3. The normalized spacial score (nSPS) is 11.6. The molecule has 0 amide bonds.